The van der Waals surface area contributed by atoms with Gasteiger partial charge in [-0.3, -0.25) is 0 Å². The number of aromatic carboxylic acids is 1. The monoisotopic (exact) mass is 310 g/mol. The van der Waals surface area contributed by atoms with Crippen LogP contribution in [0.4, 0.5) is 4.79 Å². The Labute approximate surface area is 129 Å². The maximum atomic E-state index is 11.6. The number of thioether (sulfide) groups is 1. The van der Waals surface area contributed by atoms with Crippen LogP contribution in [-0.4, -0.2) is 41.2 Å². The lowest BCUT2D eigenvalue weighted by molar-refractivity contribution is 0.0696. The molecule has 0 radical (unpaired) electrons. The Morgan fingerprint density at radius 2 is 2.00 bits per heavy atom. The number of carboxylic acid groups (broad SMARTS) is 1. The average Bonchev–Trinajstić information content (AvgIpc) is 2.45. The number of carboxylic acids is 1. The SMILES string of the molecule is CSC(C)(C)CNC(=O)NCCc1cccc(C(=O)O)c1. The van der Waals surface area contributed by atoms with Crippen molar-refractivity contribution in [3.8, 4) is 0 Å². The van der Waals surface area contributed by atoms with E-state index in [0.717, 1.165) is 5.56 Å². The molecule has 0 spiro atoms. The average molecular weight is 310 g/mol. The highest BCUT2D eigenvalue weighted by atomic mass is 32.2. The normalized spacial score (nSPS) is 11.0. The first kappa shape index (κ1) is 17.4. The summed E-state index contributed by atoms with van der Waals surface area (Å²) < 4.78 is 0.00710. The van der Waals surface area contributed by atoms with Gasteiger partial charge in [0.2, 0.25) is 0 Å². The van der Waals surface area contributed by atoms with E-state index in [1.807, 2.05) is 12.3 Å². The third kappa shape index (κ3) is 6.53. The predicted molar refractivity (Wildman–Crippen MR) is 86.1 cm³/mol. The van der Waals surface area contributed by atoms with Crippen molar-refractivity contribution in [1.82, 2.24) is 10.6 Å². The Hall–Kier alpha value is -1.69. The van der Waals surface area contributed by atoms with Crippen LogP contribution >= 0.6 is 11.8 Å². The highest BCUT2D eigenvalue weighted by Crippen LogP contribution is 2.19. The molecule has 21 heavy (non-hydrogen) atoms. The summed E-state index contributed by atoms with van der Waals surface area (Å²) in [6.07, 6.45) is 2.61. The first-order valence-corrected chi connectivity index (χ1v) is 7.95. The summed E-state index contributed by atoms with van der Waals surface area (Å²) in [5, 5.41) is 14.5. The lowest BCUT2D eigenvalue weighted by Gasteiger charge is -2.22. The fourth-order valence-electron chi connectivity index (χ4n) is 1.61. The van der Waals surface area contributed by atoms with E-state index in [0.29, 0.717) is 19.5 Å². The second-order valence-corrected chi connectivity index (χ2v) is 6.84. The maximum Gasteiger partial charge on any atom is 0.335 e. The summed E-state index contributed by atoms with van der Waals surface area (Å²) in [6, 6.07) is 6.53. The lowest BCUT2D eigenvalue weighted by Crippen LogP contribution is -2.42. The Bertz CT molecular complexity index is 503. The van der Waals surface area contributed by atoms with E-state index in [1.165, 1.54) is 0 Å². The van der Waals surface area contributed by atoms with Crippen molar-refractivity contribution >= 4 is 23.8 Å². The molecule has 0 aliphatic rings. The predicted octanol–water partition coefficient (Wildman–Crippen LogP) is 2.37. The van der Waals surface area contributed by atoms with Crippen LogP contribution < -0.4 is 10.6 Å². The number of hydrogen-bond donors (Lipinski definition) is 3. The minimum Gasteiger partial charge on any atom is -0.478 e. The molecule has 2 amide bonds. The summed E-state index contributed by atoms with van der Waals surface area (Å²) in [5.74, 6) is -0.943. The fraction of sp³-hybridized carbons (Fsp3) is 0.467. The number of carbonyl (C=O) groups is 2. The Morgan fingerprint density at radius 3 is 2.62 bits per heavy atom. The Kier molecular flexibility index (Phi) is 6.55. The third-order valence-corrected chi connectivity index (χ3v) is 4.35. The lowest BCUT2D eigenvalue weighted by atomic mass is 10.1. The van der Waals surface area contributed by atoms with Gasteiger partial charge in [0, 0.05) is 17.8 Å². The van der Waals surface area contributed by atoms with Gasteiger partial charge >= 0.3 is 12.0 Å². The molecule has 0 saturated heterocycles. The topological polar surface area (TPSA) is 78.4 Å². The van der Waals surface area contributed by atoms with Crippen LogP contribution in [0.25, 0.3) is 0 Å². The van der Waals surface area contributed by atoms with Gasteiger partial charge in [0.05, 0.1) is 5.56 Å². The Morgan fingerprint density at radius 1 is 1.29 bits per heavy atom. The minimum atomic E-state index is -0.943. The van der Waals surface area contributed by atoms with Crippen LogP contribution in [0.1, 0.15) is 29.8 Å². The molecule has 0 aliphatic heterocycles. The van der Waals surface area contributed by atoms with Gasteiger partial charge < -0.3 is 15.7 Å². The second kappa shape index (κ2) is 7.93. The molecule has 5 nitrogen and oxygen atoms in total. The number of nitrogens with one attached hydrogen (secondary N) is 2. The number of rotatable bonds is 7. The quantitative estimate of drug-likeness (QED) is 0.722. The first-order valence-electron chi connectivity index (χ1n) is 6.73. The van der Waals surface area contributed by atoms with Crippen molar-refractivity contribution in [3.63, 3.8) is 0 Å². The number of urea groups is 1. The zero-order chi connectivity index (χ0) is 15.9. The van der Waals surface area contributed by atoms with Gasteiger partial charge in [-0.15, -0.1) is 0 Å². The van der Waals surface area contributed by atoms with Crippen molar-refractivity contribution in [3.05, 3.63) is 35.4 Å². The van der Waals surface area contributed by atoms with Crippen LogP contribution in [0.3, 0.4) is 0 Å². The molecule has 1 aromatic rings. The number of hydrogen-bond acceptors (Lipinski definition) is 3. The third-order valence-electron chi connectivity index (χ3n) is 3.10. The second-order valence-electron chi connectivity index (χ2n) is 5.33. The zero-order valence-corrected chi connectivity index (χ0v) is 13.4. The molecule has 0 fully saturated rings. The van der Waals surface area contributed by atoms with Gasteiger partial charge in [-0.25, -0.2) is 9.59 Å². The van der Waals surface area contributed by atoms with Crippen molar-refractivity contribution in [2.75, 3.05) is 19.3 Å². The number of benzene rings is 1. The molecule has 0 unspecified atom stereocenters. The molecule has 3 N–H and O–H groups in total. The highest BCUT2D eigenvalue weighted by Gasteiger charge is 2.16. The highest BCUT2D eigenvalue weighted by molar-refractivity contribution is 7.99. The summed E-state index contributed by atoms with van der Waals surface area (Å²) >= 11 is 1.70. The van der Waals surface area contributed by atoms with E-state index in [2.05, 4.69) is 24.5 Å². The molecule has 1 aromatic carbocycles. The molecule has 0 heterocycles. The van der Waals surface area contributed by atoms with Crippen LogP contribution in [0.15, 0.2) is 24.3 Å². The molecule has 6 heteroatoms. The van der Waals surface area contributed by atoms with Gasteiger partial charge in [0.15, 0.2) is 0 Å². The molecular weight excluding hydrogens is 288 g/mol. The van der Waals surface area contributed by atoms with Crippen molar-refractivity contribution in [2.45, 2.75) is 25.0 Å². The summed E-state index contributed by atoms with van der Waals surface area (Å²) in [6.45, 7) is 5.19. The van der Waals surface area contributed by atoms with Crippen LogP contribution in [0.5, 0.6) is 0 Å². The van der Waals surface area contributed by atoms with Crippen LogP contribution in [0, 0.1) is 0 Å². The van der Waals surface area contributed by atoms with E-state index >= 15 is 0 Å². The standard InChI is InChI=1S/C15H22N2O3S/c1-15(2,21-3)10-17-14(20)16-8-7-11-5-4-6-12(9-11)13(18)19/h4-6,9H,7-8,10H2,1-3H3,(H,18,19)(H2,16,17,20). The van der Waals surface area contributed by atoms with E-state index in [9.17, 15) is 9.59 Å². The van der Waals surface area contributed by atoms with Crippen molar-refractivity contribution < 1.29 is 14.7 Å². The largest absolute Gasteiger partial charge is 0.478 e. The Balaban J connectivity index is 2.35. The van der Waals surface area contributed by atoms with Crippen molar-refractivity contribution in [2.24, 2.45) is 0 Å². The minimum absolute atomic E-state index is 0.00710. The smallest absolute Gasteiger partial charge is 0.335 e. The molecule has 116 valence electrons. The molecule has 0 atom stereocenters. The molecule has 0 saturated carbocycles. The fourth-order valence-corrected chi connectivity index (χ4v) is 1.82. The molecule has 0 bridgehead atoms. The van der Waals surface area contributed by atoms with Gasteiger partial charge in [-0.05, 0) is 44.2 Å². The van der Waals surface area contributed by atoms with Gasteiger partial charge in [0.25, 0.3) is 0 Å². The van der Waals surface area contributed by atoms with E-state index in [-0.39, 0.29) is 16.3 Å². The maximum absolute atomic E-state index is 11.6. The molecule has 1 rings (SSSR count). The van der Waals surface area contributed by atoms with E-state index < -0.39 is 5.97 Å². The molecule has 0 aliphatic carbocycles. The van der Waals surface area contributed by atoms with Crippen LogP contribution in [0.2, 0.25) is 0 Å². The van der Waals surface area contributed by atoms with E-state index in [1.54, 1.807) is 30.0 Å². The summed E-state index contributed by atoms with van der Waals surface area (Å²) in [5.41, 5.74) is 1.15. The number of carbonyl (C=O) groups excluding carboxylic acids is 1. The van der Waals surface area contributed by atoms with Gasteiger partial charge in [0.1, 0.15) is 0 Å². The number of amides is 2. The van der Waals surface area contributed by atoms with Crippen LogP contribution in [-0.2, 0) is 6.42 Å². The summed E-state index contributed by atoms with van der Waals surface area (Å²) in [4.78, 5) is 22.5. The van der Waals surface area contributed by atoms with Gasteiger partial charge in [-0.2, -0.15) is 11.8 Å². The molecular formula is C15H22N2O3S. The van der Waals surface area contributed by atoms with Crippen molar-refractivity contribution in [1.29, 1.82) is 0 Å². The zero-order valence-electron chi connectivity index (χ0n) is 12.6. The first-order chi connectivity index (χ1) is 9.84. The molecule has 0 aromatic heterocycles. The van der Waals surface area contributed by atoms with Gasteiger partial charge in [-0.1, -0.05) is 12.1 Å². The van der Waals surface area contributed by atoms with E-state index in [4.69, 9.17) is 5.11 Å². The summed E-state index contributed by atoms with van der Waals surface area (Å²) in [7, 11) is 0.